The Morgan fingerprint density at radius 2 is 1.74 bits per heavy atom. The molecule has 0 saturated carbocycles. The number of amides is 1. The van der Waals surface area contributed by atoms with Crippen molar-refractivity contribution in [3.63, 3.8) is 0 Å². The molecule has 5 nitrogen and oxygen atoms in total. The number of hydrogen-bond donors (Lipinski definition) is 2. The lowest BCUT2D eigenvalue weighted by Gasteiger charge is -2.31. The van der Waals surface area contributed by atoms with E-state index in [-0.39, 0.29) is 18.6 Å². The molecule has 0 aromatic heterocycles. The molecule has 0 radical (unpaired) electrons. The number of nitrogens with one attached hydrogen (secondary N) is 1. The van der Waals surface area contributed by atoms with Gasteiger partial charge in [-0.2, -0.15) is 26.3 Å². The van der Waals surface area contributed by atoms with Crippen molar-refractivity contribution in [2.75, 3.05) is 6.61 Å². The second-order valence-corrected chi connectivity index (χ2v) is 5.53. The Morgan fingerprint density at radius 1 is 1.11 bits per heavy atom. The number of carbonyl (C=O) groups excluding carboxylic acids is 2. The monoisotopic (exact) mass is 401 g/mol. The van der Waals surface area contributed by atoms with E-state index in [0.29, 0.717) is 11.4 Å². The molecular formula is C16H19F6N2O3+. The molecule has 0 aliphatic rings. The van der Waals surface area contributed by atoms with Gasteiger partial charge in [-0.1, -0.05) is 19.1 Å². The molecule has 0 bridgehead atoms. The molecular weight excluding hydrogens is 382 g/mol. The molecule has 0 fully saturated rings. The number of hydrogen-bond acceptors (Lipinski definition) is 3. The van der Waals surface area contributed by atoms with Crippen LogP contribution in [0, 0.1) is 0 Å². The number of benzene rings is 1. The van der Waals surface area contributed by atoms with E-state index in [1.807, 2.05) is 0 Å². The fraction of sp³-hybridized carbons (Fsp3) is 0.500. The largest absolute Gasteiger partial charge is 0.478 e. The standard InChI is InChI=1S/C16H18F6N2O3/c1-3-12(25)24-14(16(20,21)22,13(26)27-4-2)23-9-10-6-5-7-11(8-10)15(17,18)19/h5-8,23H,3-4,9H2,1-2H3,(H,24,25)/p+1/t14-/m1/s1. The van der Waals surface area contributed by atoms with Crippen LogP contribution in [0.15, 0.2) is 24.3 Å². The number of quaternary nitrogens is 1. The molecule has 0 heterocycles. The summed E-state index contributed by atoms with van der Waals surface area (Å²) >= 11 is 0. The minimum absolute atomic E-state index is 0.117. The molecule has 0 saturated heterocycles. The van der Waals surface area contributed by atoms with Gasteiger partial charge in [-0.15, -0.1) is 0 Å². The lowest BCUT2D eigenvalue weighted by atomic mass is 10.1. The summed E-state index contributed by atoms with van der Waals surface area (Å²) in [5.74, 6) is -2.83. The third-order valence-corrected chi connectivity index (χ3v) is 3.60. The number of halogens is 6. The van der Waals surface area contributed by atoms with Gasteiger partial charge in [0, 0.05) is 12.0 Å². The van der Waals surface area contributed by atoms with Gasteiger partial charge >= 0.3 is 24.0 Å². The van der Waals surface area contributed by atoms with Gasteiger partial charge in [0.15, 0.2) is 0 Å². The highest BCUT2D eigenvalue weighted by Gasteiger charge is 2.67. The molecule has 0 aliphatic carbocycles. The smallest absolute Gasteiger partial charge is 0.460 e. The summed E-state index contributed by atoms with van der Waals surface area (Å²) in [5, 5.41) is 2.01. The molecule has 1 amide bonds. The Bertz CT molecular complexity index is 675. The van der Waals surface area contributed by atoms with Crippen LogP contribution in [0.1, 0.15) is 31.4 Å². The summed E-state index contributed by atoms with van der Waals surface area (Å²) in [4.78, 5) is 23.6. The predicted octanol–water partition coefficient (Wildman–Crippen LogP) is 2.12. The maximum absolute atomic E-state index is 13.7. The Hall–Kier alpha value is -2.30. The maximum Gasteiger partial charge on any atom is 0.478 e. The van der Waals surface area contributed by atoms with Crippen molar-refractivity contribution in [1.82, 2.24) is 5.32 Å². The number of ether oxygens (including phenoxy) is 1. The van der Waals surface area contributed by atoms with E-state index in [2.05, 4.69) is 4.74 Å². The molecule has 152 valence electrons. The second kappa shape index (κ2) is 8.59. The number of rotatable bonds is 7. The van der Waals surface area contributed by atoms with Gasteiger partial charge in [0.2, 0.25) is 5.91 Å². The summed E-state index contributed by atoms with van der Waals surface area (Å²) in [6.07, 6.45) is -10.3. The van der Waals surface area contributed by atoms with E-state index in [1.54, 1.807) is 5.32 Å². The Balaban J connectivity index is 3.24. The predicted molar refractivity (Wildman–Crippen MR) is 80.9 cm³/mol. The fourth-order valence-electron chi connectivity index (χ4n) is 2.19. The first kappa shape index (κ1) is 22.7. The summed E-state index contributed by atoms with van der Waals surface area (Å²) in [7, 11) is 0. The van der Waals surface area contributed by atoms with Gasteiger partial charge in [0.25, 0.3) is 0 Å². The summed E-state index contributed by atoms with van der Waals surface area (Å²) in [6.45, 7) is 1.53. The van der Waals surface area contributed by atoms with Crippen LogP contribution in [0.25, 0.3) is 0 Å². The van der Waals surface area contributed by atoms with Gasteiger partial charge in [-0.25, -0.2) is 4.79 Å². The minimum atomic E-state index is -5.26. The number of carbonyl (C=O) groups is 2. The lowest BCUT2D eigenvalue weighted by molar-refractivity contribution is -0.757. The Labute approximate surface area is 151 Å². The Morgan fingerprint density at radius 3 is 2.22 bits per heavy atom. The molecule has 0 aliphatic heterocycles. The third-order valence-electron chi connectivity index (χ3n) is 3.60. The van der Waals surface area contributed by atoms with Crippen molar-refractivity contribution < 1.29 is 46.0 Å². The van der Waals surface area contributed by atoms with Crippen LogP contribution in [0.2, 0.25) is 0 Å². The van der Waals surface area contributed by atoms with Crippen LogP contribution in [0.4, 0.5) is 26.3 Å². The van der Waals surface area contributed by atoms with Crippen molar-refractivity contribution in [2.24, 2.45) is 0 Å². The fourth-order valence-corrected chi connectivity index (χ4v) is 2.19. The van der Waals surface area contributed by atoms with Crippen molar-refractivity contribution in [3.8, 4) is 0 Å². The first-order valence-electron chi connectivity index (χ1n) is 7.92. The first-order valence-corrected chi connectivity index (χ1v) is 7.92. The number of nitrogens with two attached hydrogens (primary N) is 1. The number of esters is 1. The normalized spacial score (nSPS) is 14.4. The molecule has 11 heteroatoms. The van der Waals surface area contributed by atoms with Crippen molar-refractivity contribution in [1.29, 1.82) is 0 Å². The topological polar surface area (TPSA) is 72.0 Å². The van der Waals surface area contributed by atoms with Crippen LogP contribution in [-0.2, 0) is 27.0 Å². The first-order chi connectivity index (χ1) is 12.4. The molecule has 1 aromatic rings. The molecule has 1 aromatic carbocycles. The summed E-state index contributed by atoms with van der Waals surface area (Å²) in [6, 6.07) is 3.66. The molecule has 0 unspecified atom stereocenters. The zero-order valence-electron chi connectivity index (χ0n) is 14.5. The SMILES string of the molecule is CCOC(=O)[C@](NC(=O)CC)([NH2+]Cc1cccc(C(F)(F)F)c1)C(F)(F)F. The van der Waals surface area contributed by atoms with E-state index < -0.39 is 42.0 Å². The van der Waals surface area contributed by atoms with Gasteiger partial charge < -0.3 is 10.1 Å². The van der Waals surface area contributed by atoms with E-state index >= 15 is 0 Å². The van der Waals surface area contributed by atoms with Crippen molar-refractivity contribution in [2.45, 2.75) is 44.8 Å². The highest BCUT2D eigenvalue weighted by molar-refractivity contribution is 5.87. The minimum Gasteiger partial charge on any atom is -0.460 e. The van der Waals surface area contributed by atoms with E-state index in [4.69, 9.17) is 0 Å². The van der Waals surface area contributed by atoms with Crippen LogP contribution >= 0.6 is 0 Å². The molecule has 3 N–H and O–H groups in total. The Kier molecular flexibility index (Phi) is 7.24. The van der Waals surface area contributed by atoms with Gasteiger partial charge in [0.1, 0.15) is 6.54 Å². The molecule has 1 atom stereocenters. The molecule has 27 heavy (non-hydrogen) atoms. The highest BCUT2D eigenvalue weighted by atomic mass is 19.4. The zero-order chi connectivity index (χ0) is 20.9. The quantitative estimate of drug-likeness (QED) is 0.418. The van der Waals surface area contributed by atoms with E-state index in [1.165, 1.54) is 19.9 Å². The van der Waals surface area contributed by atoms with Crippen LogP contribution in [-0.4, -0.2) is 30.3 Å². The highest BCUT2D eigenvalue weighted by Crippen LogP contribution is 2.30. The number of alkyl halides is 6. The van der Waals surface area contributed by atoms with Gasteiger partial charge in [-0.3, -0.25) is 10.1 Å². The summed E-state index contributed by atoms with van der Waals surface area (Å²) in [5.41, 5.74) is -4.63. The molecule has 0 spiro atoms. The van der Waals surface area contributed by atoms with Gasteiger partial charge in [0.05, 0.1) is 12.2 Å². The molecule has 1 rings (SSSR count). The third kappa shape index (κ3) is 5.59. The van der Waals surface area contributed by atoms with E-state index in [9.17, 15) is 35.9 Å². The van der Waals surface area contributed by atoms with Crippen LogP contribution in [0.3, 0.4) is 0 Å². The lowest BCUT2D eigenvalue weighted by Crippen LogP contribution is -3.06. The van der Waals surface area contributed by atoms with Crippen molar-refractivity contribution >= 4 is 11.9 Å². The average molecular weight is 401 g/mol. The van der Waals surface area contributed by atoms with E-state index in [0.717, 1.165) is 12.1 Å². The zero-order valence-corrected chi connectivity index (χ0v) is 14.5. The van der Waals surface area contributed by atoms with Crippen molar-refractivity contribution in [3.05, 3.63) is 35.4 Å². The second-order valence-electron chi connectivity index (χ2n) is 5.53. The average Bonchev–Trinajstić information content (AvgIpc) is 2.56. The maximum atomic E-state index is 13.7. The van der Waals surface area contributed by atoms with Gasteiger partial charge in [-0.05, 0) is 19.1 Å². The van der Waals surface area contributed by atoms with Crippen LogP contribution < -0.4 is 10.6 Å². The summed E-state index contributed by atoms with van der Waals surface area (Å²) < 4.78 is 83.8. The van der Waals surface area contributed by atoms with Crippen LogP contribution in [0.5, 0.6) is 0 Å².